The summed E-state index contributed by atoms with van der Waals surface area (Å²) in [5, 5.41) is 16.7. The van der Waals surface area contributed by atoms with Gasteiger partial charge in [0.25, 0.3) is 5.91 Å². The lowest BCUT2D eigenvalue weighted by molar-refractivity contribution is 0.0696. The summed E-state index contributed by atoms with van der Waals surface area (Å²) >= 11 is 0. The summed E-state index contributed by atoms with van der Waals surface area (Å²) in [6.07, 6.45) is 3.24. The van der Waals surface area contributed by atoms with Gasteiger partial charge in [-0.05, 0) is 38.0 Å². The number of hydrogen-bond acceptors (Lipinski definition) is 5. The first-order chi connectivity index (χ1) is 14.4. The molecule has 3 heterocycles. The predicted octanol–water partition coefficient (Wildman–Crippen LogP) is 3.41. The number of carboxylic acid groups (broad SMARTS) is 1. The quantitative estimate of drug-likeness (QED) is 0.579. The normalized spacial score (nSPS) is 15.1. The molecule has 9 nitrogen and oxygen atoms in total. The largest absolute Gasteiger partial charge is 0.489 e. The number of ether oxygens (including phenoxy) is 1. The van der Waals surface area contributed by atoms with Crippen LogP contribution in [0.25, 0.3) is 11.0 Å². The van der Waals surface area contributed by atoms with Crippen LogP contribution < -0.4 is 10.1 Å². The Balaban J connectivity index is 1.80. The van der Waals surface area contributed by atoms with E-state index in [1.807, 2.05) is 18.4 Å². The van der Waals surface area contributed by atoms with Crippen LogP contribution in [0.4, 0.5) is 5.95 Å². The first-order valence-electron chi connectivity index (χ1n) is 9.81. The molecule has 0 saturated heterocycles. The number of anilines is 1. The molecule has 0 saturated carbocycles. The highest BCUT2D eigenvalue weighted by atomic mass is 16.5. The van der Waals surface area contributed by atoms with Crippen molar-refractivity contribution in [3.05, 3.63) is 47.8 Å². The maximum Gasteiger partial charge on any atom is 0.335 e. The van der Waals surface area contributed by atoms with Gasteiger partial charge in [-0.25, -0.2) is 9.78 Å². The number of hydrogen-bond donors (Lipinski definition) is 2. The standard InChI is InChI=1S/C21H23N5O4/c1-4-6-14-11-30-17-10-13(20(28)29)9-15-18(17)26(14)21(22-15)23-19(27)16-8-12(3)24-25(16)7-5-2/h4,8-10,14H,1,5-7,11H2,2-3H3,(H,28,29)(H,22,23,27)/t14-/m0/s1. The lowest BCUT2D eigenvalue weighted by Gasteiger charge is -2.26. The van der Waals surface area contributed by atoms with Crippen LogP contribution in [0.3, 0.4) is 0 Å². The molecule has 0 aliphatic carbocycles. The first kappa shape index (κ1) is 19.7. The Kier molecular flexibility index (Phi) is 5.03. The molecule has 1 aromatic carbocycles. The van der Waals surface area contributed by atoms with E-state index in [2.05, 4.69) is 22.0 Å². The van der Waals surface area contributed by atoms with Crippen LogP contribution in [0.1, 0.15) is 52.3 Å². The maximum atomic E-state index is 13.0. The van der Waals surface area contributed by atoms with Gasteiger partial charge in [-0.2, -0.15) is 5.10 Å². The molecule has 1 atom stereocenters. The van der Waals surface area contributed by atoms with Gasteiger partial charge < -0.3 is 9.84 Å². The minimum atomic E-state index is -1.07. The van der Waals surface area contributed by atoms with Crippen LogP contribution >= 0.6 is 0 Å². The van der Waals surface area contributed by atoms with Crippen molar-refractivity contribution in [2.45, 2.75) is 39.3 Å². The number of carboxylic acids is 1. The summed E-state index contributed by atoms with van der Waals surface area (Å²) < 4.78 is 9.39. The van der Waals surface area contributed by atoms with Crippen molar-refractivity contribution in [2.75, 3.05) is 11.9 Å². The van der Waals surface area contributed by atoms with Crippen molar-refractivity contribution in [1.82, 2.24) is 19.3 Å². The molecule has 1 aliphatic heterocycles. The van der Waals surface area contributed by atoms with E-state index in [1.165, 1.54) is 12.1 Å². The van der Waals surface area contributed by atoms with E-state index in [1.54, 1.807) is 16.8 Å². The smallest absolute Gasteiger partial charge is 0.335 e. The highest BCUT2D eigenvalue weighted by Gasteiger charge is 2.29. The molecule has 2 N–H and O–H groups in total. The van der Waals surface area contributed by atoms with Crippen LogP contribution in [0.15, 0.2) is 30.9 Å². The molecule has 30 heavy (non-hydrogen) atoms. The molecule has 3 aromatic rings. The summed E-state index contributed by atoms with van der Waals surface area (Å²) in [5.74, 6) is -0.607. The molecule has 0 radical (unpaired) electrons. The summed E-state index contributed by atoms with van der Waals surface area (Å²) in [6, 6.07) is 4.59. The fraction of sp³-hybridized carbons (Fsp3) is 0.333. The van der Waals surface area contributed by atoms with E-state index < -0.39 is 5.97 Å². The lowest BCUT2D eigenvalue weighted by Crippen LogP contribution is -2.26. The molecule has 4 rings (SSSR count). The number of imidazole rings is 1. The second-order valence-electron chi connectivity index (χ2n) is 7.29. The average Bonchev–Trinajstić information content (AvgIpc) is 3.25. The zero-order chi connectivity index (χ0) is 21.4. The third-order valence-corrected chi connectivity index (χ3v) is 5.03. The Hall–Kier alpha value is -3.62. The third kappa shape index (κ3) is 3.32. The Bertz CT molecular complexity index is 1160. The number of aromatic carboxylic acids is 1. The van der Waals surface area contributed by atoms with E-state index in [-0.39, 0.29) is 17.5 Å². The van der Waals surface area contributed by atoms with E-state index in [4.69, 9.17) is 4.74 Å². The van der Waals surface area contributed by atoms with E-state index in [0.717, 1.165) is 12.1 Å². The minimum absolute atomic E-state index is 0.0823. The van der Waals surface area contributed by atoms with E-state index in [9.17, 15) is 14.7 Å². The second-order valence-corrected chi connectivity index (χ2v) is 7.29. The van der Waals surface area contributed by atoms with Crippen molar-refractivity contribution in [3.8, 4) is 5.75 Å². The van der Waals surface area contributed by atoms with Gasteiger partial charge in [0.2, 0.25) is 5.95 Å². The number of amides is 1. The third-order valence-electron chi connectivity index (χ3n) is 5.03. The number of benzene rings is 1. The molecule has 9 heteroatoms. The van der Waals surface area contributed by atoms with Crippen molar-refractivity contribution < 1.29 is 19.4 Å². The van der Waals surface area contributed by atoms with Crippen molar-refractivity contribution in [3.63, 3.8) is 0 Å². The zero-order valence-electron chi connectivity index (χ0n) is 16.9. The monoisotopic (exact) mass is 409 g/mol. The number of aromatic nitrogens is 4. The van der Waals surface area contributed by atoms with Gasteiger partial charge in [0.05, 0.1) is 22.8 Å². The fourth-order valence-electron chi connectivity index (χ4n) is 3.77. The molecule has 1 amide bonds. The Labute approximate surface area is 173 Å². The van der Waals surface area contributed by atoms with Crippen molar-refractivity contribution in [2.24, 2.45) is 0 Å². The number of aryl methyl sites for hydroxylation is 2. The van der Waals surface area contributed by atoms with E-state index in [0.29, 0.717) is 48.0 Å². The Morgan fingerprint density at radius 3 is 2.90 bits per heavy atom. The molecular weight excluding hydrogens is 386 g/mol. The van der Waals surface area contributed by atoms with E-state index >= 15 is 0 Å². The molecule has 156 valence electrons. The molecule has 0 bridgehead atoms. The van der Waals surface area contributed by atoms with Crippen molar-refractivity contribution >= 4 is 28.9 Å². The van der Waals surface area contributed by atoms with Crippen LogP contribution in [0.2, 0.25) is 0 Å². The van der Waals surface area contributed by atoms with Gasteiger partial charge in [-0.15, -0.1) is 6.58 Å². The number of carbonyl (C=O) groups excluding carboxylic acids is 1. The van der Waals surface area contributed by atoms with Crippen molar-refractivity contribution in [1.29, 1.82) is 0 Å². The number of rotatable bonds is 7. The SMILES string of the molecule is C=CC[C@H]1COc2cc(C(=O)O)cc3nc(NC(=O)c4cc(C)nn4CCC)n1c23. The number of allylic oxidation sites excluding steroid dienone is 1. The summed E-state index contributed by atoms with van der Waals surface area (Å²) in [4.78, 5) is 29.0. The Morgan fingerprint density at radius 2 is 2.20 bits per heavy atom. The van der Waals surface area contributed by atoms with Crippen LogP contribution in [0, 0.1) is 6.92 Å². The van der Waals surface area contributed by atoms with Crippen LogP contribution in [0.5, 0.6) is 5.75 Å². The average molecular weight is 409 g/mol. The minimum Gasteiger partial charge on any atom is -0.489 e. The first-order valence-corrected chi connectivity index (χ1v) is 9.81. The molecule has 2 aromatic heterocycles. The summed E-state index contributed by atoms with van der Waals surface area (Å²) in [5.41, 5.74) is 2.40. The molecule has 0 spiro atoms. The molecule has 1 aliphatic rings. The number of nitrogens with one attached hydrogen (secondary N) is 1. The summed E-state index contributed by atoms with van der Waals surface area (Å²) in [7, 11) is 0. The highest BCUT2D eigenvalue weighted by Crippen LogP contribution is 2.38. The highest BCUT2D eigenvalue weighted by molar-refractivity contribution is 6.04. The number of carbonyl (C=O) groups is 2. The maximum absolute atomic E-state index is 13.0. The molecular formula is C21H23N5O4. The fourth-order valence-corrected chi connectivity index (χ4v) is 3.77. The van der Waals surface area contributed by atoms with Gasteiger partial charge in [0, 0.05) is 6.54 Å². The number of nitrogens with zero attached hydrogens (tertiary/aromatic N) is 4. The van der Waals surface area contributed by atoms with Crippen LogP contribution in [-0.4, -0.2) is 42.9 Å². The summed E-state index contributed by atoms with van der Waals surface area (Å²) in [6.45, 7) is 8.62. The van der Waals surface area contributed by atoms with Gasteiger partial charge in [0.15, 0.2) is 0 Å². The second kappa shape index (κ2) is 7.66. The van der Waals surface area contributed by atoms with Gasteiger partial charge >= 0.3 is 5.97 Å². The zero-order valence-corrected chi connectivity index (χ0v) is 16.9. The van der Waals surface area contributed by atoms with Gasteiger partial charge in [0.1, 0.15) is 23.6 Å². The topological polar surface area (TPSA) is 111 Å². The predicted molar refractivity (Wildman–Crippen MR) is 111 cm³/mol. The Morgan fingerprint density at radius 1 is 1.40 bits per heavy atom. The molecule has 0 fully saturated rings. The van der Waals surface area contributed by atoms with Crippen LogP contribution in [-0.2, 0) is 6.54 Å². The lowest BCUT2D eigenvalue weighted by atomic mass is 10.1. The molecule has 0 unspecified atom stereocenters. The van der Waals surface area contributed by atoms with Gasteiger partial charge in [-0.1, -0.05) is 13.0 Å². The van der Waals surface area contributed by atoms with Gasteiger partial charge in [-0.3, -0.25) is 19.4 Å².